The first-order chi connectivity index (χ1) is 10.1. The third-order valence-corrected chi connectivity index (χ3v) is 3.11. The molecule has 0 aliphatic heterocycles. The molecule has 5 nitrogen and oxygen atoms in total. The van der Waals surface area contributed by atoms with Gasteiger partial charge in [-0.1, -0.05) is 18.2 Å². The number of hydrogen-bond acceptors (Lipinski definition) is 3. The van der Waals surface area contributed by atoms with Crippen LogP contribution in [-0.4, -0.2) is 15.1 Å². The van der Waals surface area contributed by atoms with E-state index in [4.69, 9.17) is 0 Å². The third kappa shape index (κ3) is 2.51. The number of para-hydroxylation sites is 1. The summed E-state index contributed by atoms with van der Waals surface area (Å²) in [5.74, 6) is -0.521. The topological polar surface area (TPSA) is 71.8 Å². The second-order valence-corrected chi connectivity index (χ2v) is 4.45. The van der Waals surface area contributed by atoms with Crippen molar-refractivity contribution in [2.45, 2.75) is 0 Å². The number of fused-ring (bicyclic) bond motifs is 1. The summed E-state index contributed by atoms with van der Waals surface area (Å²) in [6.07, 6.45) is 3.12. The molecular weight excluding hydrogens is 273 g/mol. The Hall–Kier alpha value is -3.02. The number of nitro groups is 1. The number of nitro benzene ring substituents is 1. The van der Waals surface area contributed by atoms with Crippen LogP contribution in [0.4, 0.5) is 10.1 Å². The average Bonchev–Trinajstić information content (AvgIpc) is 2.88. The number of nitrogens with one attached hydrogen (secondary N) is 1. The number of hydrogen-bond donors (Lipinski definition) is 1. The highest BCUT2D eigenvalue weighted by molar-refractivity contribution is 5.89. The van der Waals surface area contributed by atoms with E-state index in [0.29, 0.717) is 5.69 Å². The van der Waals surface area contributed by atoms with Gasteiger partial charge in [-0.25, -0.2) is 4.39 Å². The normalized spacial score (nSPS) is 11.3. The molecular formula is C15H10FN3O2. The summed E-state index contributed by atoms with van der Waals surface area (Å²) in [5.41, 5.74) is 1.56. The second kappa shape index (κ2) is 5.16. The maximum atomic E-state index is 13.3. The number of rotatable bonds is 3. The van der Waals surface area contributed by atoms with E-state index in [1.54, 1.807) is 6.08 Å². The van der Waals surface area contributed by atoms with Crippen LogP contribution in [0.2, 0.25) is 0 Å². The largest absolute Gasteiger partial charge is 0.277 e. The van der Waals surface area contributed by atoms with Crippen LogP contribution >= 0.6 is 0 Å². The van der Waals surface area contributed by atoms with Gasteiger partial charge >= 0.3 is 0 Å². The van der Waals surface area contributed by atoms with E-state index < -0.39 is 10.7 Å². The van der Waals surface area contributed by atoms with Crippen molar-refractivity contribution in [1.82, 2.24) is 10.2 Å². The maximum absolute atomic E-state index is 13.3. The standard InChI is InChI=1S/C15H10FN3O2/c16-11-6-8-15(19(20)21)10(9-11)5-7-14-12-3-1-2-4-13(12)17-18-14/h1-9H,(H,17,18). The van der Waals surface area contributed by atoms with Crippen molar-refractivity contribution in [3.8, 4) is 0 Å². The molecule has 0 amide bonds. The molecule has 6 heteroatoms. The Bertz CT molecular complexity index is 855. The van der Waals surface area contributed by atoms with Gasteiger partial charge in [0.25, 0.3) is 5.69 Å². The Morgan fingerprint density at radius 1 is 1.19 bits per heavy atom. The molecule has 0 atom stereocenters. The van der Waals surface area contributed by atoms with Crippen LogP contribution in [0.15, 0.2) is 42.5 Å². The van der Waals surface area contributed by atoms with E-state index in [1.807, 2.05) is 24.3 Å². The van der Waals surface area contributed by atoms with Crippen molar-refractivity contribution in [2.24, 2.45) is 0 Å². The molecule has 0 fully saturated rings. The quantitative estimate of drug-likeness (QED) is 0.587. The monoisotopic (exact) mass is 283 g/mol. The third-order valence-electron chi connectivity index (χ3n) is 3.11. The summed E-state index contributed by atoms with van der Waals surface area (Å²) in [7, 11) is 0. The number of halogens is 1. The summed E-state index contributed by atoms with van der Waals surface area (Å²) >= 11 is 0. The average molecular weight is 283 g/mol. The fourth-order valence-electron chi connectivity index (χ4n) is 2.11. The van der Waals surface area contributed by atoms with Crippen molar-refractivity contribution in [3.05, 3.63) is 69.7 Å². The molecule has 0 unspecified atom stereocenters. The summed E-state index contributed by atoms with van der Waals surface area (Å²) < 4.78 is 13.3. The molecule has 104 valence electrons. The lowest BCUT2D eigenvalue weighted by molar-refractivity contribution is -0.385. The molecule has 0 saturated carbocycles. The van der Waals surface area contributed by atoms with Gasteiger partial charge in [0.2, 0.25) is 0 Å². The second-order valence-electron chi connectivity index (χ2n) is 4.45. The van der Waals surface area contributed by atoms with Gasteiger partial charge in [-0.3, -0.25) is 15.2 Å². The molecule has 1 heterocycles. The Morgan fingerprint density at radius 2 is 2.00 bits per heavy atom. The van der Waals surface area contributed by atoms with E-state index in [-0.39, 0.29) is 11.3 Å². The van der Waals surface area contributed by atoms with Crippen molar-refractivity contribution >= 4 is 28.7 Å². The summed E-state index contributed by atoms with van der Waals surface area (Å²) in [5, 5.41) is 18.8. The number of aromatic amines is 1. The van der Waals surface area contributed by atoms with Crippen molar-refractivity contribution in [1.29, 1.82) is 0 Å². The molecule has 1 N–H and O–H groups in total. The predicted molar refractivity (Wildman–Crippen MR) is 78.1 cm³/mol. The van der Waals surface area contributed by atoms with Gasteiger partial charge in [0.1, 0.15) is 5.82 Å². The molecule has 1 aromatic heterocycles. The lowest BCUT2D eigenvalue weighted by Crippen LogP contribution is -1.92. The van der Waals surface area contributed by atoms with Gasteiger partial charge in [0.15, 0.2) is 0 Å². The zero-order valence-corrected chi connectivity index (χ0v) is 10.8. The minimum absolute atomic E-state index is 0.146. The van der Waals surface area contributed by atoms with Gasteiger partial charge in [0.05, 0.1) is 21.7 Å². The van der Waals surface area contributed by atoms with E-state index >= 15 is 0 Å². The van der Waals surface area contributed by atoms with Crippen LogP contribution in [-0.2, 0) is 0 Å². The van der Waals surface area contributed by atoms with E-state index in [2.05, 4.69) is 10.2 Å². The number of aromatic nitrogens is 2. The van der Waals surface area contributed by atoms with Crippen LogP contribution in [0, 0.1) is 15.9 Å². The first-order valence-corrected chi connectivity index (χ1v) is 6.20. The predicted octanol–water partition coefficient (Wildman–Crippen LogP) is 3.78. The highest BCUT2D eigenvalue weighted by atomic mass is 19.1. The summed E-state index contributed by atoms with van der Waals surface area (Å²) in [4.78, 5) is 10.4. The lowest BCUT2D eigenvalue weighted by Gasteiger charge is -1.97. The molecule has 0 saturated heterocycles. The highest BCUT2D eigenvalue weighted by Crippen LogP contribution is 2.23. The van der Waals surface area contributed by atoms with Gasteiger partial charge in [-0.2, -0.15) is 5.10 Å². The molecule has 3 aromatic rings. The van der Waals surface area contributed by atoms with Gasteiger partial charge in [-0.15, -0.1) is 0 Å². The summed E-state index contributed by atoms with van der Waals surface area (Å²) in [6, 6.07) is 10.9. The van der Waals surface area contributed by atoms with Gasteiger partial charge in [0, 0.05) is 11.5 Å². The molecule has 0 spiro atoms. The van der Waals surface area contributed by atoms with E-state index in [9.17, 15) is 14.5 Å². The van der Waals surface area contributed by atoms with Crippen molar-refractivity contribution in [3.63, 3.8) is 0 Å². The van der Waals surface area contributed by atoms with Crippen LogP contribution in [0.3, 0.4) is 0 Å². The molecule has 0 aliphatic carbocycles. The zero-order valence-electron chi connectivity index (χ0n) is 10.8. The van der Waals surface area contributed by atoms with Crippen molar-refractivity contribution < 1.29 is 9.31 Å². The Morgan fingerprint density at radius 3 is 2.81 bits per heavy atom. The molecule has 2 aromatic carbocycles. The number of H-pyrrole nitrogens is 1. The smallest absolute Gasteiger partial charge is 0.276 e. The first kappa shape index (κ1) is 13.0. The van der Waals surface area contributed by atoms with Crippen LogP contribution in [0.25, 0.3) is 23.1 Å². The number of benzene rings is 2. The minimum Gasteiger partial charge on any atom is -0.277 e. The molecule has 3 rings (SSSR count). The minimum atomic E-state index is -0.540. The highest BCUT2D eigenvalue weighted by Gasteiger charge is 2.12. The molecule has 0 bridgehead atoms. The van der Waals surface area contributed by atoms with E-state index in [0.717, 1.165) is 29.1 Å². The Balaban J connectivity index is 2.03. The van der Waals surface area contributed by atoms with Crippen LogP contribution < -0.4 is 0 Å². The Labute approximate surface area is 118 Å². The SMILES string of the molecule is O=[N+]([O-])c1ccc(F)cc1C=Cc1n[nH]c2ccccc12. The molecule has 21 heavy (non-hydrogen) atoms. The van der Waals surface area contributed by atoms with Crippen LogP contribution in [0.5, 0.6) is 0 Å². The van der Waals surface area contributed by atoms with Crippen molar-refractivity contribution in [2.75, 3.05) is 0 Å². The summed E-state index contributed by atoms with van der Waals surface area (Å²) in [6.45, 7) is 0. The van der Waals surface area contributed by atoms with Gasteiger partial charge < -0.3 is 0 Å². The van der Waals surface area contributed by atoms with Crippen LogP contribution in [0.1, 0.15) is 11.3 Å². The molecule has 0 aliphatic rings. The lowest BCUT2D eigenvalue weighted by atomic mass is 10.1. The number of nitrogens with zero attached hydrogens (tertiary/aromatic N) is 2. The maximum Gasteiger partial charge on any atom is 0.276 e. The fourth-order valence-corrected chi connectivity index (χ4v) is 2.11. The Kier molecular flexibility index (Phi) is 3.19. The van der Waals surface area contributed by atoms with E-state index in [1.165, 1.54) is 6.08 Å². The fraction of sp³-hybridized carbons (Fsp3) is 0. The zero-order chi connectivity index (χ0) is 14.8. The van der Waals surface area contributed by atoms with Gasteiger partial charge in [-0.05, 0) is 30.4 Å². The molecule has 0 radical (unpaired) electrons. The first-order valence-electron chi connectivity index (χ1n) is 6.20.